The second kappa shape index (κ2) is 6.18. The van der Waals surface area contributed by atoms with Gasteiger partial charge in [0.05, 0.1) is 13.1 Å². The van der Waals surface area contributed by atoms with Crippen LogP contribution in [0.1, 0.15) is 30.4 Å². The molecule has 1 unspecified atom stereocenters. The number of hydrogen-bond donors (Lipinski definition) is 2. The number of aliphatic hydroxyl groups excluding tert-OH is 1. The Morgan fingerprint density at radius 1 is 1.12 bits per heavy atom. The zero-order chi connectivity index (χ0) is 12.1. The average Bonchev–Trinajstić information content (AvgIpc) is 2.33. The number of aryl methyl sites for hydroxylation is 1. The number of rotatable bonds is 4. The summed E-state index contributed by atoms with van der Waals surface area (Å²) in [6, 6.07) is 8.50. The van der Waals surface area contributed by atoms with E-state index in [4.69, 9.17) is 0 Å². The van der Waals surface area contributed by atoms with E-state index in [0.717, 1.165) is 13.0 Å². The largest absolute Gasteiger partial charge is 0.387 e. The van der Waals surface area contributed by atoms with Gasteiger partial charge in [0.1, 0.15) is 12.6 Å². The minimum absolute atomic E-state index is 0.189. The first-order chi connectivity index (χ1) is 8.24. The van der Waals surface area contributed by atoms with Gasteiger partial charge in [-0.05, 0) is 31.7 Å². The summed E-state index contributed by atoms with van der Waals surface area (Å²) < 4.78 is 0. The number of aliphatic hydroxyl groups is 1. The summed E-state index contributed by atoms with van der Waals surface area (Å²) in [7, 11) is 0. The van der Waals surface area contributed by atoms with Gasteiger partial charge in [-0.3, -0.25) is 0 Å². The lowest BCUT2D eigenvalue weighted by Gasteiger charge is -2.25. The lowest BCUT2D eigenvalue weighted by Crippen LogP contribution is -3.13. The van der Waals surface area contributed by atoms with Crippen LogP contribution in [0.5, 0.6) is 0 Å². The molecule has 17 heavy (non-hydrogen) atoms. The predicted octanol–water partition coefficient (Wildman–Crippen LogP) is 0.967. The number of nitrogens with one attached hydrogen (secondary N) is 1. The number of hydrogen-bond acceptors (Lipinski definition) is 1. The molecular formula is C15H24NO+. The first kappa shape index (κ1) is 12.6. The van der Waals surface area contributed by atoms with Gasteiger partial charge in [0.2, 0.25) is 0 Å². The third-order valence-electron chi connectivity index (χ3n) is 3.68. The van der Waals surface area contributed by atoms with E-state index in [1.165, 1.54) is 43.5 Å². The normalized spacial score (nSPS) is 19.2. The number of benzene rings is 1. The highest BCUT2D eigenvalue weighted by atomic mass is 16.3. The topological polar surface area (TPSA) is 24.7 Å². The molecule has 1 atom stereocenters. The van der Waals surface area contributed by atoms with Crippen LogP contribution in [-0.2, 0) is 6.42 Å². The van der Waals surface area contributed by atoms with Gasteiger partial charge in [-0.15, -0.1) is 0 Å². The Kier molecular flexibility index (Phi) is 4.57. The molecular weight excluding hydrogens is 210 g/mol. The van der Waals surface area contributed by atoms with Crippen LogP contribution in [0.3, 0.4) is 0 Å². The van der Waals surface area contributed by atoms with Crippen molar-refractivity contribution in [2.45, 2.75) is 38.7 Å². The predicted molar refractivity (Wildman–Crippen MR) is 70.3 cm³/mol. The third-order valence-corrected chi connectivity index (χ3v) is 3.68. The van der Waals surface area contributed by atoms with E-state index >= 15 is 0 Å². The maximum atomic E-state index is 10.1. The lowest BCUT2D eigenvalue weighted by molar-refractivity contribution is -0.907. The summed E-state index contributed by atoms with van der Waals surface area (Å²) in [5, 5.41) is 10.1. The number of likely N-dealkylation sites (tertiary alicyclic amines) is 1. The van der Waals surface area contributed by atoms with Gasteiger partial charge in [0.25, 0.3) is 0 Å². The van der Waals surface area contributed by atoms with Crippen molar-refractivity contribution in [2.24, 2.45) is 0 Å². The molecule has 1 aliphatic rings. The highest BCUT2D eigenvalue weighted by Crippen LogP contribution is 2.05. The molecule has 1 heterocycles. The Hall–Kier alpha value is -0.860. The fourth-order valence-electron chi connectivity index (χ4n) is 2.66. The fourth-order valence-corrected chi connectivity index (χ4v) is 2.66. The molecule has 1 fully saturated rings. The molecule has 1 aliphatic heterocycles. The lowest BCUT2D eigenvalue weighted by atomic mass is 10.0. The van der Waals surface area contributed by atoms with Crippen molar-refractivity contribution >= 4 is 0 Å². The smallest absolute Gasteiger partial charge is 0.107 e. The molecule has 94 valence electrons. The van der Waals surface area contributed by atoms with E-state index in [-0.39, 0.29) is 6.10 Å². The Morgan fingerprint density at radius 2 is 1.76 bits per heavy atom. The summed E-state index contributed by atoms with van der Waals surface area (Å²) >= 11 is 0. The van der Waals surface area contributed by atoms with Gasteiger partial charge in [0, 0.05) is 6.42 Å². The van der Waals surface area contributed by atoms with Crippen LogP contribution in [0.15, 0.2) is 24.3 Å². The molecule has 0 bridgehead atoms. The molecule has 0 amide bonds. The van der Waals surface area contributed by atoms with E-state index in [1.54, 1.807) is 4.90 Å². The van der Waals surface area contributed by atoms with E-state index in [9.17, 15) is 5.11 Å². The van der Waals surface area contributed by atoms with Crippen molar-refractivity contribution in [3.8, 4) is 0 Å². The van der Waals surface area contributed by atoms with Gasteiger partial charge in [0.15, 0.2) is 0 Å². The monoisotopic (exact) mass is 234 g/mol. The number of quaternary nitrogens is 1. The van der Waals surface area contributed by atoms with Gasteiger partial charge in [-0.1, -0.05) is 29.8 Å². The third kappa shape index (κ3) is 4.14. The second-order valence-corrected chi connectivity index (χ2v) is 5.36. The molecule has 0 aliphatic carbocycles. The van der Waals surface area contributed by atoms with Crippen LogP contribution in [0.4, 0.5) is 0 Å². The maximum absolute atomic E-state index is 10.1. The summed E-state index contributed by atoms with van der Waals surface area (Å²) in [5.41, 5.74) is 2.53. The van der Waals surface area contributed by atoms with Gasteiger partial charge in [-0.2, -0.15) is 0 Å². The molecule has 0 saturated carbocycles. The van der Waals surface area contributed by atoms with Crippen LogP contribution in [-0.4, -0.2) is 30.8 Å². The highest BCUT2D eigenvalue weighted by molar-refractivity contribution is 5.21. The van der Waals surface area contributed by atoms with Crippen molar-refractivity contribution in [1.29, 1.82) is 0 Å². The molecule has 0 spiro atoms. The minimum atomic E-state index is -0.189. The summed E-state index contributed by atoms with van der Waals surface area (Å²) in [6.07, 6.45) is 4.63. The van der Waals surface area contributed by atoms with Crippen LogP contribution < -0.4 is 4.90 Å². The zero-order valence-corrected chi connectivity index (χ0v) is 10.8. The number of piperidine rings is 1. The van der Waals surface area contributed by atoms with Crippen molar-refractivity contribution in [3.63, 3.8) is 0 Å². The van der Waals surface area contributed by atoms with Crippen molar-refractivity contribution in [3.05, 3.63) is 35.4 Å². The Bertz CT molecular complexity index is 327. The first-order valence-corrected chi connectivity index (χ1v) is 6.81. The van der Waals surface area contributed by atoms with Gasteiger partial charge >= 0.3 is 0 Å². The molecule has 2 nitrogen and oxygen atoms in total. The molecule has 0 aromatic heterocycles. The molecule has 1 aromatic carbocycles. The quantitative estimate of drug-likeness (QED) is 0.797. The van der Waals surface area contributed by atoms with Crippen molar-refractivity contribution in [1.82, 2.24) is 0 Å². The maximum Gasteiger partial charge on any atom is 0.107 e. The SMILES string of the molecule is Cc1ccc(CC(O)C[NH+]2CCCCC2)cc1. The molecule has 1 aromatic rings. The molecule has 2 heteroatoms. The van der Waals surface area contributed by atoms with Gasteiger partial charge < -0.3 is 10.0 Å². The zero-order valence-electron chi connectivity index (χ0n) is 10.8. The van der Waals surface area contributed by atoms with Crippen LogP contribution in [0.25, 0.3) is 0 Å². The molecule has 2 rings (SSSR count). The Morgan fingerprint density at radius 3 is 2.41 bits per heavy atom. The van der Waals surface area contributed by atoms with Crippen LogP contribution in [0, 0.1) is 6.92 Å². The van der Waals surface area contributed by atoms with Crippen molar-refractivity contribution < 1.29 is 10.0 Å². The van der Waals surface area contributed by atoms with Gasteiger partial charge in [-0.25, -0.2) is 0 Å². The van der Waals surface area contributed by atoms with E-state index in [2.05, 4.69) is 31.2 Å². The summed E-state index contributed by atoms with van der Waals surface area (Å²) in [4.78, 5) is 1.58. The van der Waals surface area contributed by atoms with Crippen molar-refractivity contribution in [2.75, 3.05) is 19.6 Å². The first-order valence-electron chi connectivity index (χ1n) is 6.81. The summed E-state index contributed by atoms with van der Waals surface area (Å²) in [6.45, 7) is 5.49. The van der Waals surface area contributed by atoms with E-state index in [1.807, 2.05) is 0 Å². The van der Waals surface area contributed by atoms with E-state index < -0.39 is 0 Å². The Balaban J connectivity index is 1.79. The Labute approximate surface area is 104 Å². The average molecular weight is 234 g/mol. The molecule has 2 N–H and O–H groups in total. The molecule has 1 saturated heterocycles. The van der Waals surface area contributed by atoms with Crippen LogP contribution >= 0.6 is 0 Å². The standard InChI is InChI=1S/C15H23NO/c1-13-5-7-14(8-6-13)11-15(17)12-16-9-3-2-4-10-16/h5-8,15,17H,2-4,9-12H2,1H3/p+1. The van der Waals surface area contributed by atoms with Crippen LogP contribution in [0.2, 0.25) is 0 Å². The van der Waals surface area contributed by atoms with E-state index in [0.29, 0.717) is 0 Å². The fraction of sp³-hybridized carbons (Fsp3) is 0.600. The summed E-state index contributed by atoms with van der Waals surface area (Å²) in [5.74, 6) is 0. The minimum Gasteiger partial charge on any atom is -0.387 e. The second-order valence-electron chi connectivity index (χ2n) is 5.36. The highest BCUT2D eigenvalue weighted by Gasteiger charge is 2.17. The molecule has 0 radical (unpaired) electrons.